The van der Waals surface area contributed by atoms with Gasteiger partial charge in [-0.15, -0.1) is 13.2 Å². The summed E-state index contributed by atoms with van der Waals surface area (Å²) in [5, 5.41) is 3.21. The van der Waals surface area contributed by atoms with Crippen LogP contribution in [0.15, 0.2) is 48.5 Å². The lowest BCUT2D eigenvalue weighted by Crippen LogP contribution is -2.27. The van der Waals surface area contributed by atoms with Crippen LogP contribution in [0.25, 0.3) is 0 Å². The van der Waals surface area contributed by atoms with E-state index in [9.17, 15) is 13.2 Å². The van der Waals surface area contributed by atoms with Crippen LogP contribution in [-0.4, -0.2) is 15.4 Å². The molecule has 0 aliphatic carbocycles. The van der Waals surface area contributed by atoms with Crippen molar-refractivity contribution in [1.82, 2.24) is 0 Å². The molecule has 148 valence electrons. The van der Waals surface area contributed by atoms with Crippen LogP contribution < -0.4 is 10.1 Å². The average Bonchev–Trinajstić information content (AvgIpc) is 2.53. The largest absolute Gasteiger partial charge is 0.573 e. The van der Waals surface area contributed by atoms with Crippen molar-refractivity contribution in [2.45, 2.75) is 46.3 Å². The molecule has 27 heavy (non-hydrogen) atoms. The quantitative estimate of drug-likeness (QED) is 0.571. The van der Waals surface area contributed by atoms with Crippen molar-refractivity contribution in [3.63, 3.8) is 0 Å². The highest BCUT2D eigenvalue weighted by Crippen LogP contribution is 2.43. The summed E-state index contributed by atoms with van der Waals surface area (Å²) in [5.41, 5.74) is 1.52. The normalized spacial score (nSPS) is 13.5. The third-order valence-electron chi connectivity index (χ3n) is 3.78. The first-order chi connectivity index (χ1) is 12.5. The number of hydrogen-bond donors (Lipinski definition) is 1. The van der Waals surface area contributed by atoms with Crippen molar-refractivity contribution < 1.29 is 22.3 Å². The number of para-hydroxylation sites is 1. The van der Waals surface area contributed by atoms with Gasteiger partial charge in [0.2, 0.25) is 0 Å². The van der Waals surface area contributed by atoms with Crippen LogP contribution >= 0.6 is 0 Å². The van der Waals surface area contributed by atoms with Crippen molar-refractivity contribution in [1.29, 1.82) is 0 Å². The van der Waals surface area contributed by atoms with Gasteiger partial charge < -0.3 is 14.5 Å². The van der Waals surface area contributed by atoms with Gasteiger partial charge in [0.15, 0.2) is 9.04 Å². The van der Waals surface area contributed by atoms with E-state index in [4.69, 9.17) is 4.43 Å². The first-order valence-electron chi connectivity index (χ1n) is 8.83. The molecule has 1 N–H and O–H groups in total. The second-order valence-electron chi connectivity index (χ2n) is 7.72. The molecule has 2 rings (SSSR count). The predicted octanol–water partition coefficient (Wildman–Crippen LogP) is 6.42. The molecule has 0 spiro atoms. The van der Waals surface area contributed by atoms with E-state index in [0.717, 1.165) is 5.69 Å². The van der Waals surface area contributed by atoms with Gasteiger partial charge in [-0.2, -0.15) is 0 Å². The molecule has 2 aromatic rings. The molecular weight excluding hydrogens is 371 g/mol. The zero-order valence-corrected chi connectivity index (χ0v) is 17.4. The Kier molecular flexibility index (Phi) is 6.59. The van der Waals surface area contributed by atoms with Gasteiger partial charge in [0.25, 0.3) is 0 Å². The lowest BCUT2D eigenvalue weighted by molar-refractivity contribution is -0.275. The standard InChI is InChI=1S/C20H26F3NO2Si/c1-19(2,3)18(26-27(4)5)16-13-15(24-14-9-7-6-8-10-14)11-12-17(16)25-20(21,22)23/h6-13,18,24,27H,1-5H3. The van der Waals surface area contributed by atoms with Crippen molar-refractivity contribution in [3.05, 3.63) is 54.1 Å². The van der Waals surface area contributed by atoms with Gasteiger partial charge >= 0.3 is 6.36 Å². The third-order valence-corrected chi connectivity index (χ3v) is 4.59. The molecule has 0 saturated carbocycles. The summed E-state index contributed by atoms with van der Waals surface area (Å²) >= 11 is 0. The van der Waals surface area contributed by atoms with Crippen LogP contribution in [0.5, 0.6) is 5.75 Å². The summed E-state index contributed by atoms with van der Waals surface area (Å²) < 4.78 is 49.2. The van der Waals surface area contributed by atoms with Crippen LogP contribution in [0.4, 0.5) is 24.5 Å². The number of ether oxygens (including phenoxy) is 1. The Balaban J connectivity index is 2.48. The highest BCUT2D eigenvalue weighted by molar-refractivity contribution is 6.48. The van der Waals surface area contributed by atoms with Crippen molar-refractivity contribution in [2.75, 3.05) is 5.32 Å². The topological polar surface area (TPSA) is 30.5 Å². The molecule has 3 nitrogen and oxygen atoms in total. The second-order valence-corrected chi connectivity index (χ2v) is 10.1. The fourth-order valence-electron chi connectivity index (χ4n) is 2.75. The molecule has 0 fully saturated rings. The summed E-state index contributed by atoms with van der Waals surface area (Å²) in [6.07, 6.45) is -5.28. The Labute approximate surface area is 160 Å². The number of nitrogens with one attached hydrogen (secondary N) is 1. The summed E-state index contributed by atoms with van der Waals surface area (Å²) in [6, 6.07) is 14.0. The maximum absolute atomic E-state index is 12.9. The molecule has 7 heteroatoms. The van der Waals surface area contributed by atoms with Gasteiger partial charge in [0.1, 0.15) is 5.75 Å². The summed E-state index contributed by atoms with van der Waals surface area (Å²) in [5.74, 6) is -0.226. The molecule has 0 radical (unpaired) electrons. The van der Waals surface area contributed by atoms with E-state index in [2.05, 4.69) is 10.1 Å². The zero-order valence-electron chi connectivity index (χ0n) is 16.2. The van der Waals surface area contributed by atoms with Crippen LogP contribution in [-0.2, 0) is 4.43 Å². The van der Waals surface area contributed by atoms with Crippen LogP contribution in [0.3, 0.4) is 0 Å². The van der Waals surface area contributed by atoms with Crippen molar-refractivity contribution in [3.8, 4) is 5.75 Å². The molecule has 0 bridgehead atoms. The summed E-state index contributed by atoms with van der Waals surface area (Å²) in [7, 11) is -1.51. The minimum atomic E-state index is -4.76. The maximum Gasteiger partial charge on any atom is 0.573 e. The van der Waals surface area contributed by atoms with E-state index in [-0.39, 0.29) is 5.75 Å². The molecular formula is C20H26F3NO2Si. The number of anilines is 2. The minimum Gasteiger partial charge on any atom is -0.413 e. The van der Waals surface area contributed by atoms with E-state index in [0.29, 0.717) is 11.3 Å². The number of benzene rings is 2. The van der Waals surface area contributed by atoms with E-state index < -0.39 is 26.9 Å². The first-order valence-corrected chi connectivity index (χ1v) is 11.6. The lowest BCUT2D eigenvalue weighted by atomic mass is 9.84. The maximum atomic E-state index is 12.9. The predicted molar refractivity (Wildman–Crippen MR) is 105 cm³/mol. The lowest BCUT2D eigenvalue weighted by Gasteiger charge is -2.34. The van der Waals surface area contributed by atoms with Gasteiger partial charge in [-0.25, -0.2) is 0 Å². The molecule has 0 aliphatic rings. The molecule has 1 unspecified atom stereocenters. The van der Waals surface area contributed by atoms with E-state index in [1.165, 1.54) is 6.07 Å². The van der Waals surface area contributed by atoms with E-state index in [1.54, 1.807) is 12.1 Å². The zero-order chi connectivity index (χ0) is 20.2. The molecule has 2 aromatic carbocycles. The molecule has 0 amide bonds. The number of hydrogen-bond acceptors (Lipinski definition) is 3. The highest BCUT2D eigenvalue weighted by atomic mass is 28.3. The number of halogens is 3. The minimum absolute atomic E-state index is 0.226. The van der Waals surface area contributed by atoms with Crippen LogP contribution in [0, 0.1) is 5.41 Å². The molecule has 0 saturated heterocycles. The monoisotopic (exact) mass is 397 g/mol. The highest BCUT2D eigenvalue weighted by Gasteiger charge is 2.36. The third kappa shape index (κ3) is 6.59. The number of rotatable bonds is 6. The fourth-order valence-corrected chi connectivity index (χ4v) is 3.85. The SMILES string of the molecule is C[SiH](C)OC(c1cc(Nc2ccccc2)ccc1OC(F)(F)F)C(C)(C)C. The van der Waals surface area contributed by atoms with Gasteiger partial charge in [0.05, 0.1) is 6.10 Å². The Morgan fingerprint density at radius 3 is 2.07 bits per heavy atom. The first kappa shape index (κ1) is 21.3. The smallest absolute Gasteiger partial charge is 0.413 e. The molecule has 0 aromatic heterocycles. The van der Waals surface area contributed by atoms with Gasteiger partial charge in [0, 0.05) is 16.9 Å². The number of alkyl halides is 3. The van der Waals surface area contributed by atoms with Gasteiger partial charge in [-0.1, -0.05) is 39.0 Å². The Bertz CT molecular complexity index is 743. The van der Waals surface area contributed by atoms with Crippen LogP contribution in [0.2, 0.25) is 13.1 Å². The molecule has 1 atom stereocenters. The summed E-state index contributed by atoms with van der Waals surface area (Å²) in [4.78, 5) is 0. The van der Waals surface area contributed by atoms with E-state index >= 15 is 0 Å². The Morgan fingerprint density at radius 1 is 0.926 bits per heavy atom. The van der Waals surface area contributed by atoms with Gasteiger partial charge in [-0.3, -0.25) is 0 Å². The molecule has 0 heterocycles. The second kappa shape index (κ2) is 8.35. The Morgan fingerprint density at radius 2 is 1.56 bits per heavy atom. The van der Waals surface area contributed by atoms with Gasteiger partial charge in [-0.05, 0) is 48.8 Å². The fraction of sp³-hybridized carbons (Fsp3) is 0.400. The van der Waals surface area contributed by atoms with Crippen LogP contribution in [0.1, 0.15) is 32.4 Å². The van der Waals surface area contributed by atoms with E-state index in [1.807, 2.05) is 64.2 Å². The van der Waals surface area contributed by atoms with Crippen molar-refractivity contribution >= 4 is 20.4 Å². The average molecular weight is 398 g/mol. The van der Waals surface area contributed by atoms with Crippen molar-refractivity contribution in [2.24, 2.45) is 5.41 Å². The Hall–Kier alpha value is -1.99. The summed E-state index contributed by atoms with van der Waals surface area (Å²) in [6.45, 7) is 9.83. The molecule has 0 aliphatic heterocycles.